The van der Waals surface area contributed by atoms with Gasteiger partial charge in [0.05, 0.1) is 12.6 Å². The van der Waals surface area contributed by atoms with E-state index in [0.29, 0.717) is 5.82 Å². The van der Waals surface area contributed by atoms with E-state index in [1.165, 1.54) is 0 Å². The molecule has 3 aromatic carbocycles. The van der Waals surface area contributed by atoms with Crippen LogP contribution in [0.3, 0.4) is 0 Å². The highest BCUT2D eigenvalue weighted by Gasteiger charge is 2.21. The Kier molecular flexibility index (Phi) is 5.25. The number of rotatable bonds is 6. The summed E-state index contributed by atoms with van der Waals surface area (Å²) in [6.45, 7) is 0. The Bertz CT molecular complexity index is 1360. The van der Waals surface area contributed by atoms with Crippen LogP contribution in [0.15, 0.2) is 91.3 Å². The van der Waals surface area contributed by atoms with Crippen LogP contribution in [0.1, 0.15) is 17.4 Å². The molecule has 0 aliphatic carbocycles. The number of ether oxygens (including phenoxy) is 1. The first-order valence-electron chi connectivity index (χ1n) is 10.4. The summed E-state index contributed by atoms with van der Waals surface area (Å²) in [4.78, 5) is 14.4. The van der Waals surface area contributed by atoms with Crippen molar-refractivity contribution in [3.63, 3.8) is 0 Å². The van der Waals surface area contributed by atoms with E-state index < -0.39 is 0 Å². The molecule has 32 heavy (non-hydrogen) atoms. The van der Waals surface area contributed by atoms with Crippen LogP contribution in [0.25, 0.3) is 22.3 Å². The lowest BCUT2D eigenvalue weighted by atomic mass is 10.0. The first-order chi connectivity index (χ1) is 15.7. The van der Waals surface area contributed by atoms with E-state index in [9.17, 15) is 0 Å². The lowest BCUT2D eigenvalue weighted by Gasteiger charge is -2.21. The van der Waals surface area contributed by atoms with Crippen molar-refractivity contribution in [3.8, 4) is 17.1 Å². The van der Waals surface area contributed by atoms with Crippen LogP contribution in [0.4, 0.5) is 5.82 Å². The lowest BCUT2D eigenvalue weighted by molar-refractivity contribution is 0.414. The second kappa shape index (κ2) is 8.51. The summed E-state index contributed by atoms with van der Waals surface area (Å²) < 4.78 is 7.48. The molecule has 1 N–H and O–H groups in total. The summed E-state index contributed by atoms with van der Waals surface area (Å²) >= 11 is 0. The number of aromatic nitrogens is 4. The zero-order valence-corrected chi connectivity index (χ0v) is 17.9. The van der Waals surface area contributed by atoms with Gasteiger partial charge in [-0.2, -0.15) is 0 Å². The standard InChI is InChI=1S/C26H23N5O/c1-31-16-15-27-26(31)23(19-11-8-12-20(17-19)32-2)29-25-21-13-6-7-14-22(21)28-24(30-25)18-9-4-3-5-10-18/h3-17,23H,1-2H3,(H,28,29,30)/t23-/m0/s1. The molecule has 6 nitrogen and oxygen atoms in total. The number of imidazole rings is 1. The van der Waals surface area contributed by atoms with E-state index in [1.807, 2.05) is 90.6 Å². The SMILES string of the molecule is COc1cccc([C@H](Nc2nc(-c3ccccc3)nc3ccccc23)c2nccn2C)c1. The van der Waals surface area contributed by atoms with Crippen molar-refractivity contribution in [1.82, 2.24) is 19.5 Å². The molecule has 0 saturated carbocycles. The van der Waals surface area contributed by atoms with Gasteiger partial charge in [0.1, 0.15) is 23.4 Å². The van der Waals surface area contributed by atoms with Crippen molar-refractivity contribution in [2.24, 2.45) is 7.05 Å². The molecule has 6 heteroatoms. The summed E-state index contributed by atoms with van der Waals surface area (Å²) in [5.41, 5.74) is 2.88. The summed E-state index contributed by atoms with van der Waals surface area (Å²) in [5.74, 6) is 3.10. The predicted octanol–water partition coefficient (Wildman–Crippen LogP) is 5.24. The molecule has 0 spiro atoms. The van der Waals surface area contributed by atoms with Crippen molar-refractivity contribution in [2.45, 2.75) is 6.04 Å². The molecule has 2 heterocycles. The van der Waals surface area contributed by atoms with Gasteiger partial charge in [-0.15, -0.1) is 0 Å². The zero-order chi connectivity index (χ0) is 21.9. The molecule has 1 atom stereocenters. The average molecular weight is 422 g/mol. The quantitative estimate of drug-likeness (QED) is 0.406. The zero-order valence-electron chi connectivity index (χ0n) is 17.9. The minimum atomic E-state index is -0.230. The average Bonchev–Trinajstić information content (AvgIpc) is 3.28. The van der Waals surface area contributed by atoms with Crippen LogP contribution in [-0.2, 0) is 7.05 Å². The third kappa shape index (κ3) is 3.78. The predicted molar refractivity (Wildman–Crippen MR) is 127 cm³/mol. The van der Waals surface area contributed by atoms with Crippen molar-refractivity contribution in [3.05, 3.63) is 103 Å². The Morgan fingerprint density at radius 2 is 1.72 bits per heavy atom. The Balaban J connectivity index is 1.66. The molecule has 0 saturated heterocycles. The number of hydrogen-bond acceptors (Lipinski definition) is 5. The number of aryl methyl sites for hydroxylation is 1. The molecule has 0 aliphatic heterocycles. The van der Waals surface area contributed by atoms with Crippen molar-refractivity contribution in [1.29, 1.82) is 0 Å². The van der Waals surface area contributed by atoms with E-state index in [-0.39, 0.29) is 6.04 Å². The summed E-state index contributed by atoms with van der Waals surface area (Å²) in [5, 5.41) is 4.61. The number of methoxy groups -OCH3 is 1. The Labute approximate surface area is 186 Å². The van der Waals surface area contributed by atoms with E-state index in [0.717, 1.165) is 39.4 Å². The number of anilines is 1. The van der Waals surface area contributed by atoms with E-state index in [2.05, 4.69) is 16.4 Å². The number of fused-ring (bicyclic) bond motifs is 1. The van der Waals surface area contributed by atoms with Gasteiger partial charge in [-0.3, -0.25) is 0 Å². The fraction of sp³-hybridized carbons (Fsp3) is 0.115. The molecule has 2 aromatic heterocycles. The maximum atomic E-state index is 5.47. The smallest absolute Gasteiger partial charge is 0.162 e. The van der Waals surface area contributed by atoms with E-state index in [1.54, 1.807) is 13.3 Å². The Hall–Kier alpha value is -4.19. The summed E-state index contributed by atoms with van der Waals surface area (Å²) in [6.07, 6.45) is 3.75. The van der Waals surface area contributed by atoms with Crippen molar-refractivity contribution < 1.29 is 4.74 Å². The highest BCUT2D eigenvalue weighted by atomic mass is 16.5. The van der Waals surface area contributed by atoms with Crippen LogP contribution in [0, 0.1) is 0 Å². The minimum absolute atomic E-state index is 0.230. The monoisotopic (exact) mass is 421 g/mol. The van der Waals surface area contributed by atoms with Crippen LogP contribution < -0.4 is 10.1 Å². The fourth-order valence-electron chi connectivity index (χ4n) is 3.81. The van der Waals surface area contributed by atoms with Gasteiger partial charge >= 0.3 is 0 Å². The maximum absolute atomic E-state index is 5.47. The molecule has 0 unspecified atom stereocenters. The Morgan fingerprint density at radius 3 is 2.50 bits per heavy atom. The molecule has 0 bridgehead atoms. The summed E-state index contributed by atoms with van der Waals surface area (Å²) in [6, 6.07) is 25.8. The number of benzene rings is 3. The maximum Gasteiger partial charge on any atom is 0.162 e. The highest BCUT2D eigenvalue weighted by Crippen LogP contribution is 2.31. The second-order valence-electron chi connectivity index (χ2n) is 7.53. The first kappa shape index (κ1) is 19.8. The van der Waals surface area contributed by atoms with Crippen LogP contribution in [0.5, 0.6) is 5.75 Å². The van der Waals surface area contributed by atoms with Gasteiger partial charge in [0.2, 0.25) is 0 Å². The third-order valence-corrected chi connectivity index (χ3v) is 5.46. The number of nitrogens with one attached hydrogen (secondary N) is 1. The van der Waals surface area contributed by atoms with Gasteiger partial charge in [-0.05, 0) is 29.8 Å². The largest absolute Gasteiger partial charge is 0.497 e. The molecule has 0 fully saturated rings. The molecule has 0 amide bonds. The van der Waals surface area contributed by atoms with E-state index >= 15 is 0 Å². The summed E-state index contributed by atoms with van der Waals surface area (Å²) in [7, 11) is 3.66. The molecule has 5 rings (SSSR count). The second-order valence-corrected chi connectivity index (χ2v) is 7.53. The van der Waals surface area contributed by atoms with Gasteiger partial charge in [0.25, 0.3) is 0 Å². The van der Waals surface area contributed by atoms with Crippen LogP contribution >= 0.6 is 0 Å². The van der Waals surface area contributed by atoms with Gasteiger partial charge < -0.3 is 14.6 Å². The first-order valence-corrected chi connectivity index (χ1v) is 10.4. The van der Waals surface area contributed by atoms with Crippen LogP contribution in [-0.4, -0.2) is 26.6 Å². The molecule has 5 aromatic rings. The Morgan fingerprint density at radius 1 is 0.906 bits per heavy atom. The molecular weight excluding hydrogens is 398 g/mol. The van der Waals surface area contributed by atoms with Gasteiger partial charge in [0, 0.05) is 30.4 Å². The molecule has 0 radical (unpaired) electrons. The fourth-order valence-corrected chi connectivity index (χ4v) is 3.81. The minimum Gasteiger partial charge on any atom is -0.497 e. The number of nitrogens with zero attached hydrogens (tertiary/aromatic N) is 4. The van der Waals surface area contributed by atoms with Gasteiger partial charge in [-0.25, -0.2) is 15.0 Å². The third-order valence-electron chi connectivity index (χ3n) is 5.46. The van der Waals surface area contributed by atoms with E-state index in [4.69, 9.17) is 14.7 Å². The lowest BCUT2D eigenvalue weighted by Crippen LogP contribution is -2.18. The molecule has 158 valence electrons. The normalized spacial score (nSPS) is 11.9. The van der Waals surface area contributed by atoms with Gasteiger partial charge in [-0.1, -0.05) is 54.6 Å². The van der Waals surface area contributed by atoms with Crippen molar-refractivity contribution >= 4 is 16.7 Å². The topological polar surface area (TPSA) is 64.9 Å². The van der Waals surface area contributed by atoms with Crippen LogP contribution in [0.2, 0.25) is 0 Å². The van der Waals surface area contributed by atoms with Gasteiger partial charge in [0.15, 0.2) is 5.82 Å². The van der Waals surface area contributed by atoms with Crippen molar-refractivity contribution in [2.75, 3.05) is 12.4 Å². The number of hydrogen-bond donors (Lipinski definition) is 1. The molecule has 0 aliphatic rings. The number of para-hydroxylation sites is 1. The molecular formula is C26H23N5O. The highest BCUT2D eigenvalue weighted by molar-refractivity contribution is 5.90.